The summed E-state index contributed by atoms with van der Waals surface area (Å²) in [5.41, 5.74) is 1.49. The van der Waals surface area contributed by atoms with E-state index in [1.165, 1.54) is 37.3 Å². The third-order valence-electron chi connectivity index (χ3n) is 5.23. The highest BCUT2D eigenvalue weighted by molar-refractivity contribution is 6.34. The van der Waals surface area contributed by atoms with Gasteiger partial charge in [0.05, 0.1) is 23.4 Å². The maximum Gasteiger partial charge on any atom is 0.266 e. The van der Waals surface area contributed by atoms with E-state index < -0.39 is 0 Å². The van der Waals surface area contributed by atoms with Crippen LogP contribution in [0.4, 0.5) is 5.69 Å². The Hall–Kier alpha value is -2.66. The molecule has 5 nitrogen and oxygen atoms in total. The molecule has 4 rings (SSSR count). The Kier molecular flexibility index (Phi) is 5.21. The molecular weight excluding hydrogens is 340 g/mol. The lowest BCUT2D eigenvalue weighted by Gasteiger charge is -2.26. The van der Waals surface area contributed by atoms with Crippen LogP contribution in [0, 0.1) is 0 Å². The molecular formula is C22H24N2O3. The number of carbonyl (C=O) groups excluding carboxylic acids is 2. The number of anilines is 1. The van der Waals surface area contributed by atoms with Gasteiger partial charge in [-0.05, 0) is 68.8 Å². The van der Waals surface area contributed by atoms with Crippen molar-refractivity contribution < 1.29 is 14.3 Å². The molecule has 0 N–H and O–H groups in total. The number of hydrogen-bond donors (Lipinski definition) is 0. The molecule has 1 fully saturated rings. The molecule has 2 aliphatic heterocycles. The summed E-state index contributed by atoms with van der Waals surface area (Å²) in [5.74, 6) is 0.214. The second kappa shape index (κ2) is 7.92. The first-order valence-corrected chi connectivity index (χ1v) is 9.67. The first kappa shape index (κ1) is 17.7. The Morgan fingerprint density at radius 3 is 2.07 bits per heavy atom. The first-order chi connectivity index (χ1) is 13.2. The van der Waals surface area contributed by atoms with Crippen molar-refractivity contribution in [2.24, 2.45) is 0 Å². The van der Waals surface area contributed by atoms with Gasteiger partial charge in [-0.2, -0.15) is 0 Å². The van der Waals surface area contributed by atoms with Crippen LogP contribution in [0.25, 0.3) is 0 Å². The van der Waals surface area contributed by atoms with Gasteiger partial charge in [0.2, 0.25) is 0 Å². The van der Waals surface area contributed by atoms with Crippen LogP contribution >= 0.6 is 0 Å². The number of amides is 2. The van der Waals surface area contributed by atoms with E-state index in [0.29, 0.717) is 23.4 Å². The zero-order valence-electron chi connectivity index (χ0n) is 15.4. The molecule has 0 saturated carbocycles. The number of imide groups is 1. The van der Waals surface area contributed by atoms with Crippen LogP contribution in [-0.4, -0.2) is 43.0 Å². The van der Waals surface area contributed by atoms with E-state index in [9.17, 15) is 9.59 Å². The number of hydrogen-bond acceptors (Lipinski definition) is 4. The number of benzene rings is 2. The van der Waals surface area contributed by atoms with Crippen LogP contribution in [0.15, 0.2) is 48.5 Å². The predicted molar refractivity (Wildman–Crippen MR) is 104 cm³/mol. The topological polar surface area (TPSA) is 49.9 Å². The standard InChI is InChI=1S/C22H24N2O3/c25-21-19-7-2-3-8-20(19)22(26)24(21)17-9-11-18(12-10-17)27-16-6-15-23-13-4-1-5-14-23/h2-3,7-12H,1,4-6,13-16H2. The summed E-state index contributed by atoms with van der Waals surface area (Å²) < 4.78 is 5.82. The van der Waals surface area contributed by atoms with Gasteiger partial charge in [0.25, 0.3) is 11.8 Å². The number of nitrogens with zero attached hydrogens (tertiary/aromatic N) is 2. The number of fused-ring (bicyclic) bond motifs is 1. The quantitative estimate of drug-likeness (QED) is 0.579. The number of ether oxygens (including phenoxy) is 1. The first-order valence-electron chi connectivity index (χ1n) is 9.67. The Morgan fingerprint density at radius 1 is 0.815 bits per heavy atom. The Morgan fingerprint density at radius 2 is 1.44 bits per heavy atom. The molecule has 2 aromatic carbocycles. The summed E-state index contributed by atoms with van der Waals surface area (Å²) in [7, 11) is 0. The molecule has 0 aliphatic carbocycles. The minimum Gasteiger partial charge on any atom is -0.494 e. The van der Waals surface area contributed by atoms with Crippen molar-refractivity contribution in [2.45, 2.75) is 25.7 Å². The lowest BCUT2D eigenvalue weighted by molar-refractivity contribution is 0.0926. The highest BCUT2D eigenvalue weighted by atomic mass is 16.5. The van der Waals surface area contributed by atoms with E-state index in [2.05, 4.69) is 4.90 Å². The van der Waals surface area contributed by atoms with E-state index in [-0.39, 0.29) is 11.8 Å². The van der Waals surface area contributed by atoms with Crippen molar-refractivity contribution in [3.63, 3.8) is 0 Å². The van der Waals surface area contributed by atoms with Gasteiger partial charge < -0.3 is 9.64 Å². The van der Waals surface area contributed by atoms with Crippen molar-refractivity contribution in [3.05, 3.63) is 59.7 Å². The Bertz CT molecular complexity index is 791. The Balaban J connectivity index is 1.33. The summed E-state index contributed by atoms with van der Waals surface area (Å²) in [6.45, 7) is 4.15. The lowest BCUT2D eigenvalue weighted by Crippen LogP contribution is -2.31. The second-order valence-electron chi connectivity index (χ2n) is 7.09. The molecule has 2 aliphatic rings. The van der Waals surface area contributed by atoms with Gasteiger partial charge in [-0.3, -0.25) is 9.59 Å². The van der Waals surface area contributed by atoms with Crippen LogP contribution in [0.2, 0.25) is 0 Å². The van der Waals surface area contributed by atoms with Crippen molar-refractivity contribution >= 4 is 17.5 Å². The predicted octanol–water partition coefficient (Wildman–Crippen LogP) is 3.74. The molecule has 2 heterocycles. The molecule has 0 radical (unpaired) electrons. The molecule has 0 unspecified atom stereocenters. The van der Waals surface area contributed by atoms with Gasteiger partial charge in [0, 0.05) is 6.54 Å². The van der Waals surface area contributed by atoms with Crippen LogP contribution in [0.5, 0.6) is 5.75 Å². The van der Waals surface area contributed by atoms with Crippen molar-refractivity contribution in [2.75, 3.05) is 31.1 Å². The molecule has 0 bridgehead atoms. The molecule has 27 heavy (non-hydrogen) atoms. The summed E-state index contributed by atoms with van der Waals surface area (Å²) in [4.78, 5) is 28.8. The van der Waals surface area contributed by atoms with Gasteiger partial charge in [-0.25, -0.2) is 4.90 Å². The summed E-state index contributed by atoms with van der Waals surface area (Å²) in [6, 6.07) is 14.1. The third-order valence-corrected chi connectivity index (χ3v) is 5.23. The second-order valence-corrected chi connectivity index (χ2v) is 7.09. The largest absolute Gasteiger partial charge is 0.494 e. The molecule has 2 amide bonds. The van der Waals surface area contributed by atoms with E-state index >= 15 is 0 Å². The summed E-state index contributed by atoms with van der Waals surface area (Å²) >= 11 is 0. The molecule has 0 aromatic heterocycles. The highest BCUT2D eigenvalue weighted by Gasteiger charge is 2.36. The SMILES string of the molecule is O=C1c2ccccc2C(=O)N1c1ccc(OCCCN2CCCCC2)cc1. The van der Waals surface area contributed by atoms with Crippen LogP contribution in [0.3, 0.4) is 0 Å². The number of carbonyl (C=O) groups is 2. The fourth-order valence-electron chi connectivity index (χ4n) is 3.78. The van der Waals surface area contributed by atoms with E-state index in [1.54, 1.807) is 36.4 Å². The fraction of sp³-hybridized carbons (Fsp3) is 0.364. The maximum atomic E-state index is 12.5. The zero-order chi connectivity index (χ0) is 18.6. The van der Waals surface area contributed by atoms with Crippen LogP contribution in [-0.2, 0) is 0 Å². The molecule has 1 saturated heterocycles. The summed E-state index contributed by atoms with van der Waals surface area (Å²) in [5, 5.41) is 0. The molecule has 5 heteroatoms. The van der Waals surface area contributed by atoms with E-state index in [0.717, 1.165) is 18.7 Å². The van der Waals surface area contributed by atoms with Gasteiger partial charge in [0.15, 0.2) is 0 Å². The molecule has 0 spiro atoms. The average Bonchev–Trinajstić information content (AvgIpc) is 2.97. The maximum absolute atomic E-state index is 12.5. The fourth-order valence-corrected chi connectivity index (χ4v) is 3.78. The zero-order valence-corrected chi connectivity index (χ0v) is 15.4. The third kappa shape index (κ3) is 3.74. The number of likely N-dealkylation sites (tertiary alicyclic amines) is 1. The number of piperidine rings is 1. The van der Waals surface area contributed by atoms with Gasteiger partial charge in [0.1, 0.15) is 5.75 Å². The molecule has 140 valence electrons. The average molecular weight is 364 g/mol. The van der Waals surface area contributed by atoms with E-state index in [4.69, 9.17) is 4.74 Å². The van der Waals surface area contributed by atoms with Crippen molar-refractivity contribution in [1.29, 1.82) is 0 Å². The van der Waals surface area contributed by atoms with Gasteiger partial charge >= 0.3 is 0 Å². The van der Waals surface area contributed by atoms with Crippen molar-refractivity contribution in [1.82, 2.24) is 4.90 Å². The highest BCUT2D eigenvalue weighted by Crippen LogP contribution is 2.29. The monoisotopic (exact) mass is 364 g/mol. The Labute approximate surface area is 159 Å². The molecule has 2 aromatic rings. The van der Waals surface area contributed by atoms with Crippen molar-refractivity contribution in [3.8, 4) is 5.75 Å². The minimum atomic E-state index is -0.272. The summed E-state index contributed by atoms with van der Waals surface area (Å²) in [6.07, 6.45) is 4.97. The van der Waals surface area contributed by atoms with Gasteiger partial charge in [-0.1, -0.05) is 18.6 Å². The molecule has 0 atom stereocenters. The number of rotatable bonds is 6. The van der Waals surface area contributed by atoms with Crippen LogP contribution < -0.4 is 9.64 Å². The minimum absolute atomic E-state index is 0.272. The van der Waals surface area contributed by atoms with Gasteiger partial charge in [-0.15, -0.1) is 0 Å². The normalized spacial score (nSPS) is 17.3. The smallest absolute Gasteiger partial charge is 0.266 e. The lowest BCUT2D eigenvalue weighted by atomic mass is 10.1. The van der Waals surface area contributed by atoms with Crippen LogP contribution in [0.1, 0.15) is 46.4 Å². The van der Waals surface area contributed by atoms with E-state index in [1.807, 2.05) is 12.1 Å².